The second kappa shape index (κ2) is 8.82. The Kier molecular flexibility index (Phi) is 6.78. The van der Waals surface area contributed by atoms with Crippen LogP contribution in [-0.2, 0) is 0 Å². The number of benzene rings is 2. The van der Waals surface area contributed by atoms with Crippen LogP contribution in [0.1, 0.15) is 24.2 Å². The van der Waals surface area contributed by atoms with Crippen LogP contribution in [0.15, 0.2) is 46.9 Å². The molecule has 0 aliphatic rings. The number of hydrogen-bond acceptors (Lipinski definition) is 4. The molecule has 2 rings (SSSR count). The van der Waals surface area contributed by atoms with E-state index in [2.05, 4.69) is 40.4 Å². The lowest BCUT2D eigenvalue weighted by atomic mass is 10.2. The summed E-state index contributed by atoms with van der Waals surface area (Å²) in [5.74, 6) is 0.871. The van der Waals surface area contributed by atoms with Crippen LogP contribution < -0.4 is 15.4 Å². The molecule has 0 unspecified atom stereocenters. The third kappa shape index (κ3) is 6.03. The second-order valence-corrected chi connectivity index (χ2v) is 7.07. The van der Waals surface area contributed by atoms with Gasteiger partial charge in [0.25, 0.3) is 5.91 Å². The van der Waals surface area contributed by atoms with Crippen molar-refractivity contribution in [2.24, 2.45) is 5.92 Å². The SMILES string of the molecule is CC(C)COc1ccc(C(=O)NC(=S)Nc2cccc(O)c2)cc1Br. The van der Waals surface area contributed by atoms with Crippen LogP contribution in [-0.4, -0.2) is 22.7 Å². The number of carbonyl (C=O) groups is 1. The summed E-state index contributed by atoms with van der Waals surface area (Å²) in [6.45, 7) is 4.73. The van der Waals surface area contributed by atoms with Gasteiger partial charge >= 0.3 is 0 Å². The summed E-state index contributed by atoms with van der Waals surface area (Å²) in [5, 5.41) is 15.0. The minimum atomic E-state index is -0.339. The molecule has 1 amide bonds. The van der Waals surface area contributed by atoms with Crippen molar-refractivity contribution < 1.29 is 14.6 Å². The first-order chi connectivity index (χ1) is 11.8. The van der Waals surface area contributed by atoms with Crippen molar-refractivity contribution in [2.45, 2.75) is 13.8 Å². The van der Waals surface area contributed by atoms with E-state index in [1.165, 1.54) is 6.07 Å². The molecule has 2 aromatic rings. The first-order valence-corrected chi connectivity index (χ1v) is 8.89. The van der Waals surface area contributed by atoms with E-state index in [0.29, 0.717) is 34.0 Å². The molecule has 0 fully saturated rings. The van der Waals surface area contributed by atoms with Gasteiger partial charge in [0, 0.05) is 17.3 Å². The zero-order chi connectivity index (χ0) is 18.4. The number of ether oxygens (including phenoxy) is 1. The fraction of sp³-hybridized carbons (Fsp3) is 0.222. The number of phenolic OH excluding ortho intramolecular Hbond substituents is 1. The molecule has 7 heteroatoms. The van der Waals surface area contributed by atoms with Gasteiger partial charge in [-0.3, -0.25) is 10.1 Å². The van der Waals surface area contributed by atoms with E-state index in [9.17, 15) is 9.90 Å². The molecular formula is C18H19BrN2O3S. The first kappa shape index (κ1) is 19.2. The summed E-state index contributed by atoms with van der Waals surface area (Å²) in [5.41, 5.74) is 1.03. The molecule has 0 saturated heterocycles. The second-order valence-electron chi connectivity index (χ2n) is 5.81. The third-order valence-corrected chi connectivity index (χ3v) is 3.92. The summed E-state index contributed by atoms with van der Waals surface area (Å²) in [7, 11) is 0. The first-order valence-electron chi connectivity index (χ1n) is 7.69. The van der Waals surface area contributed by atoms with Crippen molar-refractivity contribution in [1.82, 2.24) is 5.32 Å². The number of anilines is 1. The molecule has 0 atom stereocenters. The monoisotopic (exact) mass is 422 g/mol. The highest BCUT2D eigenvalue weighted by atomic mass is 79.9. The van der Waals surface area contributed by atoms with Gasteiger partial charge in [0.2, 0.25) is 0 Å². The van der Waals surface area contributed by atoms with Gasteiger partial charge < -0.3 is 15.2 Å². The lowest BCUT2D eigenvalue weighted by Gasteiger charge is -2.12. The number of carbonyl (C=O) groups excluding carboxylic acids is 1. The highest BCUT2D eigenvalue weighted by Gasteiger charge is 2.11. The summed E-state index contributed by atoms with van der Waals surface area (Å²) in [6, 6.07) is 11.6. The minimum Gasteiger partial charge on any atom is -0.508 e. The third-order valence-electron chi connectivity index (χ3n) is 3.10. The fourth-order valence-electron chi connectivity index (χ4n) is 1.94. The summed E-state index contributed by atoms with van der Waals surface area (Å²) < 4.78 is 6.37. The fourth-order valence-corrected chi connectivity index (χ4v) is 2.64. The summed E-state index contributed by atoms with van der Waals surface area (Å²) in [4.78, 5) is 12.3. The largest absolute Gasteiger partial charge is 0.508 e. The van der Waals surface area contributed by atoms with Crippen LogP contribution in [0.4, 0.5) is 5.69 Å². The van der Waals surface area contributed by atoms with E-state index >= 15 is 0 Å². The summed E-state index contributed by atoms with van der Waals surface area (Å²) in [6.07, 6.45) is 0. The van der Waals surface area contributed by atoms with Gasteiger partial charge in [-0.2, -0.15) is 0 Å². The smallest absolute Gasteiger partial charge is 0.257 e. The molecular weight excluding hydrogens is 404 g/mol. The Hall–Kier alpha value is -2.12. The Balaban J connectivity index is 1.98. The number of aromatic hydroxyl groups is 1. The molecule has 0 bridgehead atoms. The predicted octanol–water partition coefficient (Wildman–Crippen LogP) is 4.32. The maximum atomic E-state index is 12.3. The van der Waals surface area contributed by atoms with Gasteiger partial charge in [-0.1, -0.05) is 19.9 Å². The highest BCUT2D eigenvalue weighted by Crippen LogP contribution is 2.26. The minimum absolute atomic E-state index is 0.111. The van der Waals surface area contributed by atoms with Crippen molar-refractivity contribution >= 4 is 44.9 Å². The van der Waals surface area contributed by atoms with Gasteiger partial charge in [0.15, 0.2) is 5.11 Å². The lowest BCUT2D eigenvalue weighted by Crippen LogP contribution is -2.34. The molecule has 0 saturated carbocycles. The maximum Gasteiger partial charge on any atom is 0.257 e. The Bertz CT molecular complexity index is 781. The van der Waals surface area contributed by atoms with E-state index in [0.717, 1.165) is 0 Å². The molecule has 0 aromatic heterocycles. The van der Waals surface area contributed by atoms with Gasteiger partial charge in [-0.25, -0.2) is 0 Å². The number of phenols is 1. The Morgan fingerprint density at radius 3 is 2.68 bits per heavy atom. The zero-order valence-electron chi connectivity index (χ0n) is 13.9. The number of amides is 1. The molecule has 132 valence electrons. The van der Waals surface area contributed by atoms with Crippen LogP contribution in [0.25, 0.3) is 0 Å². The van der Waals surface area contributed by atoms with Gasteiger partial charge in [-0.05, 0) is 64.4 Å². The average Bonchev–Trinajstić information content (AvgIpc) is 2.53. The Morgan fingerprint density at radius 1 is 1.28 bits per heavy atom. The number of thiocarbonyl (C=S) groups is 1. The Morgan fingerprint density at radius 2 is 2.04 bits per heavy atom. The van der Waals surface area contributed by atoms with Crippen LogP contribution in [0, 0.1) is 5.92 Å². The average molecular weight is 423 g/mol. The lowest BCUT2D eigenvalue weighted by molar-refractivity contribution is 0.0977. The number of nitrogens with one attached hydrogen (secondary N) is 2. The van der Waals surface area contributed by atoms with Crippen molar-refractivity contribution in [3.63, 3.8) is 0 Å². The van der Waals surface area contributed by atoms with Crippen molar-refractivity contribution in [3.05, 3.63) is 52.5 Å². The van der Waals surface area contributed by atoms with E-state index in [4.69, 9.17) is 17.0 Å². The van der Waals surface area contributed by atoms with Crippen LogP contribution in [0.2, 0.25) is 0 Å². The Labute approximate surface area is 160 Å². The van der Waals surface area contributed by atoms with E-state index in [1.807, 2.05) is 0 Å². The molecule has 0 radical (unpaired) electrons. The van der Waals surface area contributed by atoms with Gasteiger partial charge in [-0.15, -0.1) is 0 Å². The van der Waals surface area contributed by atoms with Crippen LogP contribution in [0.3, 0.4) is 0 Å². The van der Waals surface area contributed by atoms with Crippen molar-refractivity contribution in [3.8, 4) is 11.5 Å². The van der Waals surface area contributed by atoms with Gasteiger partial charge in [0.1, 0.15) is 11.5 Å². The zero-order valence-corrected chi connectivity index (χ0v) is 16.3. The molecule has 3 N–H and O–H groups in total. The molecule has 2 aromatic carbocycles. The van der Waals surface area contributed by atoms with Gasteiger partial charge in [0.05, 0.1) is 11.1 Å². The molecule has 0 aliphatic heterocycles. The van der Waals surface area contributed by atoms with Crippen molar-refractivity contribution in [1.29, 1.82) is 0 Å². The number of hydrogen-bond donors (Lipinski definition) is 3. The molecule has 0 spiro atoms. The highest BCUT2D eigenvalue weighted by molar-refractivity contribution is 9.10. The number of halogens is 1. The van der Waals surface area contributed by atoms with Crippen LogP contribution in [0.5, 0.6) is 11.5 Å². The van der Waals surface area contributed by atoms with E-state index in [-0.39, 0.29) is 16.8 Å². The molecule has 0 heterocycles. The predicted molar refractivity (Wildman–Crippen MR) is 106 cm³/mol. The normalized spacial score (nSPS) is 10.4. The van der Waals surface area contributed by atoms with E-state index in [1.54, 1.807) is 36.4 Å². The van der Waals surface area contributed by atoms with Crippen LogP contribution >= 0.6 is 28.1 Å². The molecule has 0 aliphatic carbocycles. The topological polar surface area (TPSA) is 70.6 Å². The standard InChI is InChI=1S/C18H19BrN2O3S/c1-11(2)10-24-16-7-6-12(8-15(16)19)17(23)21-18(25)20-13-4-3-5-14(22)9-13/h3-9,11,22H,10H2,1-2H3,(H2,20,21,23,25). The number of rotatable bonds is 5. The molecule has 5 nitrogen and oxygen atoms in total. The van der Waals surface area contributed by atoms with Crippen molar-refractivity contribution in [2.75, 3.05) is 11.9 Å². The quantitative estimate of drug-likeness (QED) is 0.625. The molecule has 25 heavy (non-hydrogen) atoms. The maximum absolute atomic E-state index is 12.3. The van der Waals surface area contributed by atoms with E-state index < -0.39 is 0 Å². The summed E-state index contributed by atoms with van der Waals surface area (Å²) >= 11 is 8.54.